The van der Waals surface area contributed by atoms with E-state index in [2.05, 4.69) is 31.1 Å². The highest BCUT2D eigenvalue weighted by Crippen LogP contribution is 2.00. The minimum Gasteiger partial charge on any atom is -0.389 e. The van der Waals surface area contributed by atoms with E-state index in [0.29, 0.717) is 0 Å². The van der Waals surface area contributed by atoms with Crippen LogP contribution in [-0.2, 0) is 0 Å². The molecule has 0 saturated heterocycles. The van der Waals surface area contributed by atoms with Crippen LogP contribution in [0.3, 0.4) is 0 Å². The Kier molecular flexibility index (Phi) is 4.29. The van der Waals surface area contributed by atoms with Crippen molar-refractivity contribution in [1.82, 2.24) is 0 Å². The monoisotopic (exact) mass is 182 g/mol. The molecule has 68 valence electrons. The summed E-state index contributed by atoms with van der Waals surface area (Å²) in [6.07, 6.45) is 1.43. The van der Waals surface area contributed by atoms with Crippen molar-refractivity contribution in [1.29, 1.82) is 0 Å². The van der Waals surface area contributed by atoms with Gasteiger partial charge in [-0.3, -0.25) is 0 Å². The summed E-state index contributed by atoms with van der Waals surface area (Å²) in [5.41, 5.74) is 4.14. The maximum absolute atomic E-state index is 9.13. The van der Waals surface area contributed by atoms with Crippen molar-refractivity contribution in [2.75, 3.05) is 0 Å². The predicted octanol–water partition coefficient (Wildman–Crippen LogP) is 2.19. The van der Waals surface area contributed by atoms with E-state index in [0.717, 1.165) is 5.57 Å². The number of aliphatic hydroxyl groups is 1. The Labute approximate surface area is 76.5 Å². The molecule has 0 heterocycles. The zero-order valence-electron chi connectivity index (χ0n) is 8.60. The molecule has 0 aliphatic carbocycles. The molecule has 0 aliphatic rings. The summed E-state index contributed by atoms with van der Waals surface area (Å²) in [6.45, 7) is 10.2. The third-order valence-electron chi connectivity index (χ3n) is 1.41. The number of aliphatic hydroxyl groups excluding tert-OH is 1. The summed E-state index contributed by atoms with van der Waals surface area (Å²) >= 11 is 0. The Morgan fingerprint density at radius 1 is 1.42 bits per heavy atom. The molecular formula is C10H18OSi. The lowest BCUT2D eigenvalue weighted by molar-refractivity contribution is 0.231. The molecule has 1 nitrogen and oxygen atoms in total. The number of hydrogen-bond donors (Lipinski definition) is 1. The van der Waals surface area contributed by atoms with Gasteiger partial charge in [-0.1, -0.05) is 25.6 Å². The van der Waals surface area contributed by atoms with Gasteiger partial charge in [0, 0.05) is 0 Å². The van der Waals surface area contributed by atoms with Crippen LogP contribution in [0.4, 0.5) is 0 Å². The van der Waals surface area contributed by atoms with Crippen molar-refractivity contribution in [3.05, 3.63) is 11.6 Å². The van der Waals surface area contributed by atoms with E-state index in [1.165, 1.54) is 0 Å². The van der Waals surface area contributed by atoms with Crippen LogP contribution in [-0.4, -0.2) is 19.3 Å². The molecule has 0 aromatic heterocycles. The van der Waals surface area contributed by atoms with E-state index in [4.69, 9.17) is 5.11 Å². The quantitative estimate of drug-likeness (QED) is 0.487. The van der Waals surface area contributed by atoms with Crippen LogP contribution < -0.4 is 0 Å². The molecule has 0 radical (unpaired) electrons. The van der Waals surface area contributed by atoms with Crippen LogP contribution >= 0.6 is 0 Å². The van der Waals surface area contributed by atoms with Gasteiger partial charge in [0.2, 0.25) is 0 Å². The maximum Gasteiger partial charge on any atom is 0.129 e. The standard InChI is InChI=1S/C10H18OSi/c1-9(10(2)11)7-6-8-12(3,4)5/h7,10-11H,1-5H3/b9-7+. The topological polar surface area (TPSA) is 20.2 Å². The van der Waals surface area contributed by atoms with E-state index in [-0.39, 0.29) is 6.10 Å². The van der Waals surface area contributed by atoms with Gasteiger partial charge in [0.1, 0.15) is 8.07 Å². The molecule has 0 fully saturated rings. The SMILES string of the molecule is C/C(=C\C#C[Si](C)(C)C)C(C)O. The molecule has 1 atom stereocenters. The second-order valence-corrected chi connectivity index (χ2v) is 8.83. The van der Waals surface area contributed by atoms with Gasteiger partial charge in [0.05, 0.1) is 6.10 Å². The smallest absolute Gasteiger partial charge is 0.129 e. The van der Waals surface area contributed by atoms with Gasteiger partial charge in [-0.15, -0.1) is 5.54 Å². The number of allylic oxidation sites excluding steroid dienone is 1. The lowest BCUT2D eigenvalue weighted by atomic mass is 10.2. The molecule has 0 saturated carbocycles. The highest BCUT2D eigenvalue weighted by Gasteiger charge is 2.06. The Bertz CT molecular complexity index is 222. The van der Waals surface area contributed by atoms with Gasteiger partial charge in [-0.2, -0.15) is 0 Å². The van der Waals surface area contributed by atoms with Gasteiger partial charge in [0.15, 0.2) is 0 Å². The summed E-state index contributed by atoms with van der Waals surface area (Å²) in [5, 5.41) is 9.13. The Balaban J connectivity index is 4.27. The molecule has 0 spiro atoms. The van der Waals surface area contributed by atoms with E-state index < -0.39 is 8.07 Å². The molecule has 0 bridgehead atoms. The van der Waals surface area contributed by atoms with E-state index >= 15 is 0 Å². The van der Waals surface area contributed by atoms with E-state index in [9.17, 15) is 0 Å². The Morgan fingerprint density at radius 3 is 2.25 bits per heavy atom. The number of hydrogen-bond acceptors (Lipinski definition) is 1. The zero-order chi connectivity index (χ0) is 9.78. The van der Waals surface area contributed by atoms with Crippen molar-refractivity contribution < 1.29 is 5.11 Å². The van der Waals surface area contributed by atoms with Crippen LogP contribution in [0.15, 0.2) is 11.6 Å². The summed E-state index contributed by atoms with van der Waals surface area (Å²) in [5.74, 6) is 3.00. The highest BCUT2D eigenvalue weighted by atomic mass is 28.3. The molecule has 0 aromatic rings. The van der Waals surface area contributed by atoms with Gasteiger partial charge in [-0.05, 0) is 25.5 Å². The van der Waals surface area contributed by atoms with Crippen LogP contribution in [0.25, 0.3) is 0 Å². The molecular weight excluding hydrogens is 164 g/mol. The first-order valence-corrected chi connectivity index (χ1v) is 7.70. The Morgan fingerprint density at radius 2 is 1.92 bits per heavy atom. The lowest BCUT2D eigenvalue weighted by Crippen LogP contribution is -2.16. The fraction of sp³-hybridized carbons (Fsp3) is 0.600. The fourth-order valence-electron chi connectivity index (χ4n) is 0.487. The molecule has 0 aliphatic heterocycles. The predicted molar refractivity (Wildman–Crippen MR) is 56.6 cm³/mol. The van der Waals surface area contributed by atoms with Crippen molar-refractivity contribution in [3.63, 3.8) is 0 Å². The largest absolute Gasteiger partial charge is 0.389 e. The third kappa shape index (κ3) is 6.20. The van der Waals surface area contributed by atoms with Crippen LogP contribution in [0.5, 0.6) is 0 Å². The summed E-state index contributed by atoms with van der Waals surface area (Å²) in [6, 6.07) is 0. The normalized spacial score (nSPS) is 15.0. The minimum absolute atomic E-state index is 0.374. The van der Waals surface area contributed by atoms with Crippen molar-refractivity contribution in [2.24, 2.45) is 0 Å². The zero-order valence-corrected chi connectivity index (χ0v) is 9.60. The maximum atomic E-state index is 9.13. The molecule has 0 aromatic carbocycles. The average molecular weight is 182 g/mol. The first-order valence-electron chi connectivity index (χ1n) is 4.20. The van der Waals surface area contributed by atoms with Crippen LogP contribution in [0.2, 0.25) is 19.6 Å². The van der Waals surface area contributed by atoms with E-state index in [1.807, 2.05) is 13.0 Å². The highest BCUT2D eigenvalue weighted by molar-refractivity contribution is 6.83. The average Bonchev–Trinajstić information content (AvgIpc) is 1.84. The third-order valence-corrected chi connectivity index (χ3v) is 2.30. The summed E-state index contributed by atoms with van der Waals surface area (Å²) in [4.78, 5) is 0. The first kappa shape index (κ1) is 11.5. The van der Waals surface area contributed by atoms with Crippen molar-refractivity contribution >= 4 is 8.07 Å². The minimum atomic E-state index is -1.25. The first-order chi connectivity index (χ1) is 5.33. The van der Waals surface area contributed by atoms with Crippen molar-refractivity contribution in [2.45, 2.75) is 39.6 Å². The number of rotatable bonds is 1. The van der Waals surface area contributed by atoms with Gasteiger partial charge >= 0.3 is 0 Å². The molecule has 1 unspecified atom stereocenters. The second-order valence-electron chi connectivity index (χ2n) is 4.08. The molecule has 0 rings (SSSR count). The van der Waals surface area contributed by atoms with Gasteiger partial charge in [0.25, 0.3) is 0 Å². The van der Waals surface area contributed by atoms with E-state index in [1.54, 1.807) is 6.92 Å². The Hall–Kier alpha value is -0.523. The fourth-order valence-corrected chi connectivity index (χ4v) is 0.992. The van der Waals surface area contributed by atoms with Crippen LogP contribution in [0.1, 0.15) is 13.8 Å². The second kappa shape index (κ2) is 4.49. The molecule has 0 amide bonds. The summed E-state index contributed by atoms with van der Waals surface area (Å²) < 4.78 is 0. The van der Waals surface area contributed by atoms with Gasteiger partial charge in [-0.25, -0.2) is 0 Å². The molecule has 2 heteroatoms. The van der Waals surface area contributed by atoms with Crippen LogP contribution in [0, 0.1) is 11.5 Å². The summed E-state index contributed by atoms with van der Waals surface area (Å²) in [7, 11) is -1.25. The molecule has 1 N–H and O–H groups in total. The van der Waals surface area contributed by atoms with Crippen molar-refractivity contribution in [3.8, 4) is 11.5 Å². The lowest BCUT2D eigenvalue weighted by Gasteiger charge is -2.03. The van der Waals surface area contributed by atoms with Gasteiger partial charge < -0.3 is 5.11 Å². The molecule has 12 heavy (non-hydrogen) atoms.